The molecular formula is C27H28O7. The summed E-state index contributed by atoms with van der Waals surface area (Å²) in [5.74, 6) is -0.508. The average molecular weight is 465 g/mol. The van der Waals surface area contributed by atoms with Gasteiger partial charge >= 0.3 is 5.97 Å². The Hall–Kier alpha value is -2.06. The molecule has 1 aromatic rings. The minimum atomic E-state index is -0.908. The van der Waals surface area contributed by atoms with Crippen molar-refractivity contribution in [2.75, 3.05) is 0 Å². The summed E-state index contributed by atoms with van der Waals surface area (Å²) >= 11 is 0. The number of ether oxygens (including phenoxy) is 4. The summed E-state index contributed by atoms with van der Waals surface area (Å²) in [5, 5.41) is 11.7. The van der Waals surface area contributed by atoms with Crippen molar-refractivity contribution < 1.29 is 33.6 Å². The highest BCUT2D eigenvalue weighted by molar-refractivity contribution is 6.07. The number of benzene rings is 1. The second-order valence-corrected chi connectivity index (χ2v) is 11.8. The lowest BCUT2D eigenvalue weighted by Gasteiger charge is -2.53. The smallest absolute Gasteiger partial charge is 0.335 e. The summed E-state index contributed by atoms with van der Waals surface area (Å²) in [5.41, 5.74) is -0.462. The van der Waals surface area contributed by atoms with Crippen LogP contribution in [0.15, 0.2) is 41.5 Å². The number of hydrogen-bond acceptors (Lipinski definition) is 7. The third-order valence-corrected chi connectivity index (χ3v) is 10.5. The molecule has 7 nitrogen and oxygen atoms in total. The van der Waals surface area contributed by atoms with E-state index in [1.807, 2.05) is 18.2 Å². The van der Waals surface area contributed by atoms with Crippen molar-refractivity contribution >= 4 is 11.8 Å². The van der Waals surface area contributed by atoms with Gasteiger partial charge in [0.1, 0.15) is 29.5 Å². The Bertz CT molecular complexity index is 1210. The fourth-order valence-corrected chi connectivity index (χ4v) is 8.73. The summed E-state index contributed by atoms with van der Waals surface area (Å²) in [6, 6.07) is 9.02. The number of cyclic esters (lactones) is 1. The number of epoxide rings is 3. The minimum Gasteiger partial charge on any atom is -0.446 e. The molecule has 1 aromatic carbocycles. The Morgan fingerprint density at radius 1 is 1.12 bits per heavy atom. The van der Waals surface area contributed by atoms with E-state index in [1.165, 1.54) is 0 Å². The second kappa shape index (κ2) is 5.67. The maximum absolute atomic E-state index is 13.5. The molecule has 0 bridgehead atoms. The number of rotatable bonds is 3. The van der Waals surface area contributed by atoms with Crippen LogP contribution in [0.4, 0.5) is 0 Å². The lowest BCUT2D eigenvalue weighted by atomic mass is 9.46. The number of ketones is 1. The number of fused-ring (bicyclic) bond motifs is 4. The molecule has 7 aliphatic rings. The van der Waals surface area contributed by atoms with Gasteiger partial charge in [0.25, 0.3) is 0 Å². The predicted octanol–water partition coefficient (Wildman–Crippen LogP) is 2.35. The Kier molecular flexibility index (Phi) is 3.36. The molecule has 3 saturated heterocycles. The number of aliphatic hydroxyl groups is 1. The SMILES string of the molecule is CC(C)[C@]12O[C@H]1[C@@H]1O[C@]13[C@]1(O[C@H]1C[C@H]1C4=C(CC[C@@]13C)C(=O)OC4C(=O)c1ccccc1)[C@@H]2O. The highest BCUT2D eigenvalue weighted by Crippen LogP contribution is 2.83. The van der Waals surface area contributed by atoms with Crippen LogP contribution in [0.25, 0.3) is 0 Å². The van der Waals surface area contributed by atoms with Gasteiger partial charge in [-0.2, -0.15) is 0 Å². The Labute approximate surface area is 197 Å². The molecule has 178 valence electrons. The van der Waals surface area contributed by atoms with E-state index >= 15 is 0 Å². The second-order valence-electron chi connectivity index (χ2n) is 11.8. The van der Waals surface area contributed by atoms with E-state index in [9.17, 15) is 14.7 Å². The van der Waals surface area contributed by atoms with Crippen molar-refractivity contribution in [2.24, 2.45) is 17.3 Å². The molecular weight excluding hydrogens is 436 g/mol. The molecule has 10 atom stereocenters. The van der Waals surface area contributed by atoms with Gasteiger partial charge in [-0.25, -0.2) is 4.79 Å². The molecule has 8 rings (SSSR count). The quantitative estimate of drug-likeness (QED) is 0.416. The van der Waals surface area contributed by atoms with Gasteiger partial charge in [-0.3, -0.25) is 4.79 Å². The van der Waals surface area contributed by atoms with Gasteiger partial charge in [0.2, 0.25) is 5.78 Å². The van der Waals surface area contributed by atoms with Gasteiger partial charge < -0.3 is 24.1 Å². The highest BCUT2D eigenvalue weighted by Gasteiger charge is 3.00. The topological polar surface area (TPSA) is 101 Å². The van der Waals surface area contributed by atoms with Crippen LogP contribution in [0, 0.1) is 17.3 Å². The van der Waals surface area contributed by atoms with Gasteiger partial charge in [-0.05, 0) is 36.7 Å². The first kappa shape index (κ1) is 20.2. The molecule has 4 aliphatic heterocycles. The van der Waals surface area contributed by atoms with Crippen molar-refractivity contribution in [3.8, 4) is 0 Å². The standard InChI is InChI=1S/C27H28O7/c1-12(2)25-20(33-25)21-27(34-21)24(3)10-9-14-17(15(24)11-16-26(27,32-16)23(25)30)19(31-22(14)29)18(28)13-7-5-4-6-8-13/h4-8,12,15-16,19-21,23,30H,9-11H2,1-3H3/t15-,16-,19?,20-,21-,23+,24-,25-,26+,27+/m0/s1. The van der Waals surface area contributed by atoms with Crippen molar-refractivity contribution in [2.45, 2.75) is 87.4 Å². The fraction of sp³-hybridized carbons (Fsp3) is 0.630. The summed E-state index contributed by atoms with van der Waals surface area (Å²) in [6.45, 7) is 6.36. The third kappa shape index (κ3) is 1.83. The van der Waals surface area contributed by atoms with Crippen LogP contribution >= 0.6 is 0 Å². The van der Waals surface area contributed by atoms with Gasteiger partial charge in [0.15, 0.2) is 11.7 Å². The summed E-state index contributed by atoms with van der Waals surface area (Å²) in [6.07, 6.45) is -0.249. The monoisotopic (exact) mass is 464 g/mol. The zero-order valence-electron chi connectivity index (χ0n) is 19.4. The zero-order valence-corrected chi connectivity index (χ0v) is 19.4. The maximum atomic E-state index is 13.5. The first-order valence-electron chi connectivity index (χ1n) is 12.5. The van der Waals surface area contributed by atoms with Crippen LogP contribution in [0.1, 0.15) is 50.4 Å². The lowest BCUT2D eigenvalue weighted by Crippen LogP contribution is -2.69. The Morgan fingerprint density at radius 3 is 2.62 bits per heavy atom. The van der Waals surface area contributed by atoms with Crippen LogP contribution in [0.3, 0.4) is 0 Å². The highest BCUT2D eigenvalue weighted by atomic mass is 16.7. The Morgan fingerprint density at radius 2 is 1.88 bits per heavy atom. The maximum Gasteiger partial charge on any atom is 0.335 e. The van der Waals surface area contributed by atoms with Crippen molar-refractivity contribution in [1.82, 2.24) is 0 Å². The van der Waals surface area contributed by atoms with Crippen LogP contribution in [0.5, 0.6) is 0 Å². The number of carbonyl (C=O) groups excluding carboxylic acids is 2. The van der Waals surface area contributed by atoms with E-state index < -0.39 is 34.4 Å². The number of hydrogen-bond donors (Lipinski definition) is 1. The molecule has 4 heterocycles. The molecule has 1 N–H and O–H groups in total. The lowest BCUT2D eigenvalue weighted by molar-refractivity contribution is -0.138. The third-order valence-electron chi connectivity index (χ3n) is 10.5. The number of esters is 1. The summed E-state index contributed by atoms with van der Waals surface area (Å²) in [4.78, 5) is 26.4. The van der Waals surface area contributed by atoms with Gasteiger partial charge in [0.05, 0.1) is 6.10 Å². The van der Waals surface area contributed by atoms with Crippen LogP contribution < -0.4 is 0 Å². The van der Waals surface area contributed by atoms with Crippen LogP contribution in [0.2, 0.25) is 0 Å². The fourth-order valence-electron chi connectivity index (χ4n) is 8.73. The van der Waals surface area contributed by atoms with Crippen LogP contribution in [-0.4, -0.2) is 64.2 Å². The van der Waals surface area contributed by atoms with E-state index in [-0.39, 0.29) is 41.9 Å². The molecule has 7 heteroatoms. The summed E-state index contributed by atoms with van der Waals surface area (Å²) in [7, 11) is 0. The predicted molar refractivity (Wildman–Crippen MR) is 117 cm³/mol. The average Bonchev–Trinajstić information content (AvgIpc) is 3.72. The van der Waals surface area contributed by atoms with E-state index in [1.54, 1.807) is 12.1 Å². The van der Waals surface area contributed by atoms with Crippen LogP contribution in [-0.2, 0) is 23.7 Å². The number of aliphatic hydroxyl groups excluding tert-OH is 1. The zero-order chi connectivity index (χ0) is 23.4. The molecule has 0 aromatic heterocycles. The largest absolute Gasteiger partial charge is 0.446 e. The van der Waals surface area contributed by atoms with Crippen molar-refractivity contribution in [3.63, 3.8) is 0 Å². The van der Waals surface area contributed by atoms with E-state index in [0.717, 1.165) is 12.0 Å². The summed E-state index contributed by atoms with van der Waals surface area (Å²) < 4.78 is 25.0. The van der Waals surface area contributed by atoms with E-state index in [0.29, 0.717) is 24.0 Å². The molecule has 0 amide bonds. The normalized spacial score (nSPS) is 53.0. The first-order valence-corrected chi connectivity index (χ1v) is 12.5. The number of carbonyl (C=O) groups is 2. The molecule has 3 aliphatic carbocycles. The van der Waals surface area contributed by atoms with E-state index in [2.05, 4.69) is 20.8 Å². The molecule has 34 heavy (non-hydrogen) atoms. The molecule has 2 spiro atoms. The molecule has 0 radical (unpaired) electrons. The Balaban J connectivity index is 1.23. The molecule has 1 unspecified atom stereocenters. The van der Waals surface area contributed by atoms with Crippen molar-refractivity contribution in [1.29, 1.82) is 0 Å². The van der Waals surface area contributed by atoms with Gasteiger partial charge in [-0.1, -0.05) is 51.1 Å². The first-order chi connectivity index (χ1) is 16.2. The molecule has 5 fully saturated rings. The minimum absolute atomic E-state index is 0.0940. The van der Waals surface area contributed by atoms with Gasteiger partial charge in [0, 0.05) is 16.6 Å². The van der Waals surface area contributed by atoms with Gasteiger partial charge in [-0.15, -0.1) is 0 Å². The van der Waals surface area contributed by atoms with Crippen molar-refractivity contribution in [3.05, 3.63) is 47.0 Å². The number of Topliss-reactive ketones (excluding diaryl/α,β-unsaturated/α-hetero) is 1. The van der Waals surface area contributed by atoms with E-state index in [4.69, 9.17) is 18.9 Å². The molecule has 2 saturated carbocycles.